The number of hydrogen-bond donors (Lipinski definition) is 1. The molecule has 2 aromatic rings. The molecule has 19 heavy (non-hydrogen) atoms. The fourth-order valence-electron chi connectivity index (χ4n) is 1.64. The van der Waals surface area contributed by atoms with Gasteiger partial charge in [0, 0.05) is 0 Å². The fourth-order valence-corrected chi connectivity index (χ4v) is 1.64. The first-order chi connectivity index (χ1) is 9.08. The Kier molecular flexibility index (Phi) is 3.79. The number of amides is 1. The van der Waals surface area contributed by atoms with Crippen molar-refractivity contribution in [2.24, 2.45) is 0 Å². The Morgan fingerprint density at radius 3 is 2.95 bits per heavy atom. The van der Waals surface area contributed by atoms with Gasteiger partial charge in [-0.05, 0) is 26.0 Å². The molecule has 0 radical (unpaired) electrons. The summed E-state index contributed by atoms with van der Waals surface area (Å²) in [6, 6.07) is 5.05. The summed E-state index contributed by atoms with van der Waals surface area (Å²) >= 11 is 0. The van der Waals surface area contributed by atoms with Crippen molar-refractivity contribution in [1.82, 2.24) is 10.5 Å². The normalized spacial score (nSPS) is 10.7. The molecule has 1 amide bonds. The molecule has 6 heteroatoms. The zero-order valence-electron chi connectivity index (χ0n) is 10.7. The molecule has 6 nitrogen and oxygen atoms in total. The largest absolute Gasteiger partial charge is 0.462 e. The third kappa shape index (κ3) is 3.09. The van der Waals surface area contributed by atoms with Crippen LogP contribution in [-0.4, -0.2) is 29.7 Å². The van der Waals surface area contributed by atoms with Gasteiger partial charge in [0.2, 0.25) is 0 Å². The van der Waals surface area contributed by atoms with E-state index in [0.717, 1.165) is 0 Å². The number of esters is 1. The quantitative estimate of drug-likeness (QED) is 0.844. The number of fused-ring (bicyclic) bond motifs is 1. The molecule has 1 aromatic heterocycles. The van der Waals surface area contributed by atoms with Crippen LogP contribution in [0.5, 0.6) is 0 Å². The summed E-state index contributed by atoms with van der Waals surface area (Å²) in [4.78, 5) is 23.3. The van der Waals surface area contributed by atoms with E-state index in [1.54, 1.807) is 32.0 Å². The highest BCUT2D eigenvalue weighted by atomic mass is 16.5. The van der Waals surface area contributed by atoms with E-state index in [1.807, 2.05) is 0 Å². The number of benzene rings is 1. The molecule has 0 atom stereocenters. The molecule has 0 aliphatic rings. The molecule has 0 fully saturated rings. The predicted molar refractivity (Wildman–Crippen MR) is 67.6 cm³/mol. The van der Waals surface area contributed by atoms with E-state index >= 15 is 0 Å². The smallest absolute Gasteiger partial charge is 0.325 e. The van der Waals surface area contributed by atoms with E-state index in [1.165, 1.54) is 6.20 Å². The third-order valence-corrected chi connectivity index (χ3v) is 2.40. The van der Waals surface area contributed by atoms with Gasteiger partial charge in [-0.3, -0.25) is 9.59 Å². The van der Waals surface area contributed by atoms with Crippen LogP contribution >= 0.6 is 0 Å². The molecule has 2 rings (SSSR count). The van der Waals surface area contributed by atoms with Crippen LogP contribution in [-0.2, 0) is 9.53 Å². The summed E-state index contributed by atoms with van der Waals surface area (Å²) in [6.45, 7) is 3.33. The number of carbonyl (C=O) groups is 2. The second-order valence-corrected chi connectivity index (χ2v) is 4.26. The molecule has 0 aliphatic heterocycles. The monoisotopic (exact) mass is 262 g/mol. The van der Waals surface area contributed by atoms with Crippen molar-refractivity contribution in [3.05, 3.63) is 30.0 Å². The van der Waals surface area contributed by atoms with E-state index < -0.39 is 5.97 Å². The lowest BCUT2D eigenvalue weighted by molar-refractivity contribution is -0.146. The summed E-state index contributed by atoms with van der Waals surface area (Å²) in [5.41, 5.74) is 0.938. The molecule has 0 unspecified atom stereocenters. The second kappa shape index (κ2) is 5.51. The maximum Gasteiger partial charge on any atom is 0.325 e. The lowest BCUT2D eigenvalue weighted by Gasteiger charge is -2.09. The minimum atomic E-state index is -0.471. The third-order valence-electron chi connectivity index (χ3n) is 2.40. The lowest BCUT2D eigenvalue weighted by Crippen LogP contribution is -2.31. The molecule has 0 saturated carbocycles. The Bertz CT molecular complexity index is 603. The Morgan fingerprint density at radius 1 is 1.42 bits per heavy atom. The number of carbonyl (C=O) groups excluding carboxylic acids is 2. The SMILES string of the molecule is CC(C)OC(=O)CNC(=O)c1cccc2oncc12. The summed E-state index contributed by atoms with van der Waals surface area (Å²) in [5.74, 6) is -0.838. The van der Waals surface area contributed by atoms with Crippen molar-refractivity contribution in [2.45, 2.75) is 20.0 Å². The molecule has 0 aliphatic carbocycles. The Morgan fingerprint density at radius 2 is 2.21 bits per heavy atom. The topological polar surface area (TPSA) is 81.4 Å². The van der Waals surface area contributed by atoms with E-state index in [9.17, 15) is 9.59 Å². The van der Waals surface area contributed by atoms with Crippen LogP contribution in [0.3, 0.4) is 0 Å². The summed E-state index contributed by atoms with van der Waals surface area (Å²) in [6.07, 6.45) is 1.27. The number of hydrogen-bond acceptors (Lipinski definition) is 5. The summed E-state index contributed by atoms with van der Waals surface area (Å²) < 4.78 is 9.89. The van der Waals surface area contributed by atoms with E-state index in [4.69, 9.17) is 9.26 Å². The highest BCUT2D eigenvalue weighted by molar-refractivity contribution is 6.06. The van der Waals surface area contributed by atoms with Gasteiger partial charge in [-0.1, -0.05) is 11.2 Å². The standard InChI is InChI=1S/C13H14N2O4/c1-8(2)18-12(16)7-14-13(17)9-4-3-5-11-10(9)6-15-19-11/h3-6,8H,7H2,1-2H3,(H,14,17). The van der Waals surface area contributed by atoms with Gasteiger partial charge >= 0.3 is 5.97 Å². The van der Waals surface area contributed by atoms with Crippen molar-refractivity contribution in [3.8, 4) is 0 Å². The molecule has 1 N–H and O–H groups in total. The number of nitrogens with one attached hydrogen (secondary N) is 1. The van der Waals surface area contributed by atoms with Gasteiger partial charge < -0.3 is 14.6 Å². The fraction of sp³-hybridized carbons (Fsp3) is 0.308. The van der Waals surface area contributed by atoms with Gasteiger partial charge in [0.05, 0.1) is 23.3 Å². The number of aromatic nitrogens is 1. The van der Waals surface area contributed by atoms with Crippen LogP contribution in [0.25, 0.3) is 11.0 Å². The van der Waals surface area contributed by atoms with Crippen LogP contribution in [0.2, 0.25) is 0 Å². The first-order valence-corrected chi connectivity index (χ1v) is 5.89. The maximum absolute atomic E-state index is 12.0. The van der Waals surface area contributed by atoms with Gasteiger partial charge in [0.25, 0.3) is 5.91 Å². The summed E-state index contributed by atoms with van der Waals surface area (Å²) in [5, 5.41) is 6.74. The van der Waals surface area contributed by atoms with Crippen molar-refractivity contribution in [3.63, 3.8) is 0 Å². The number of rotatable bonds is 4. The van der Waals surface area contributed by atoms with Gasteiger partial charge in [0.1, 0.15) is 6.54 Å². The summed E-state index contributed by atoms with van der Waals surface area (Å²) in [7, 11) is 0. The molecule has 100 valence electrons. The molecule has 0 spiro atoms. The van der Waals surface area contributed by atoms with E-state index in [0.29, 0.717) is 16.5 Å². The van der Waals surface area contributed by atoms with Crippen molar-refractivity contribution >= 4 is 22.8 Å². The highest BCUT2D eigenvalue weighted by Gasteiger charge is 2.14. The Labute approximate surface area is 109 Å². The van der Waals surface area contributed by atoms with E-state index in [2.05, 4.69) is 10.5 Å². The Balaban J connectivity index is 2.04. The second-order valence-electron chi connectivity index (χ2n) is 4.26. The molecule has 0 saturated heterocycles. The Hall–Kier alpha value is -2.37. The minimum Gasteiger partial charge on any atom is -0.462 e. The minimum absolute atomic E-state index is 0.168. The molecular formula is C13H14N2O4. The predicted octanol–water partition coefficient (Wildman–Crippen LogP) is 1.51. The molecular weight excluding hydrogens is 248 g/mol. The van der Waals surface area contributed by atoms with E-state index in [-0.39, 0.29) is 18.6 Å². The number of ether oxygens (including phenoxy) is 1. The number of nitrogens with zero attached hydrogens (tertiary/aromatic N) is 1. The van der Waals surface area contributed by atoms with Crippen molar-refractivity contribution in [1.29, 1.82) is 0 Å². The average Bonchev–Trinajstić information content (AvgIpc) is 2.83. The lowest BCUT2D eigenvalue weighted by atomic mass is 10.1. The van der Waals surface area contributed by atoms with Gasteiger partial charge in [-0.25, -0.2) is 0 Å². The van der Waals surface area contributed by atoms with Gasteiger partial charge in [0.15, 0.2) is 5.58 Å². The van der Waals surface area contributed by atoms with Gasteiger partial charge in [-0.15, -0.1) is 0 Å². The van der Waals surface area contributed by atoms with Crippen LogP contribution in [0.15, 0.2) is 28.9 Å². The highest BCUT2D eigenvalue weighted by Crippen LogP contribution is 2.17. The maximum atomic E-state index is 12.0. The molecule has 0 bridgehead atoms. The van der Waals surface area contributed by atoms with Crippen molar-refractivity contribution < 1.29 is 18.8 Å². The van der Waals surface area contributed by atoms with Crippen LogP contribution in [0.4, 0.5) is 0 Å². The van der Waals surface area contributed by atoms with Crippen LogP contribution in [0, 0.1) is 0 Å². The molecule has 1 aromatic carbocycles. The van der Waals surface area contributed by atoms with Crippen molar-refractivity contribution in [2.75, 3.05) is 6.54 Å². The first-order valence-electron chi connectivity index (χ1n) is 5.89. The zero-order chi connectivity index (χ0) is 13.8. The van der Waals surface area contributed by atoms with Crippen LogP contribution in [0.1, 0.15) is 24.2 Å². The first kappa shape index (κ1) is 13.1. The van der Waals surface area contributed by atoms with Crippen LogP contribution < -0.4 is 5.32 Å². The zero-order valence-corrected chi connectivity index (χ0v) is 10.7. The van der Waals surface area contributed by atoms with Gasteiger partial charge in [-0.2, -0.15) is 0 Å². The molecule has 1 heterocycles. The average molecular weight is 262 g/mol.